The van der Waals surface area contributed by atoms with E-state index in [1.165, 1.54) is 18.5 Å². The van der Waals surface area contributed by atoms with Crippen molar-refractivity contribution in [3.63, 3.8) is 0 Å². The van der Waals surface area contributed by atoms with Crippen molar-refractivity contribution in [1.29, 1.82) is 0 Å². The van der Waals surface area contributed by atoms with E-state index in [1.807, 2.05) is 12.1 Å². The van der Waals surface area contributed by atoms with Crippen molar-refractivity contribution in [2.24, 2.45) is 5.73 Å². The van der Waals surface area contributed by atoms with Crippen molar-refractivity contribution >= 4 is 16.8 Å². The van der Waals surface area contributed by atoms with Crippen LogP contribution in [0.25, 0.3) is 22.2 Å². The molecular formula is C30H29F3N4O3. The number of aromatic nitrogens is 2. The number of carbonyl (C=O) groups is 1. The molecule has 10 heteroatoms. The van der Waals surface area contributed by atoms with E-state index in [9.17, 15) is 18.0 Å². The summed E-state index contributed by atoms with van der Waals surface area (Å²) in [4.78, 5) is 23.6. The van der Waals surface area contributed by atoms with Crippen LogP contribution < -0.4 is 15.2 Å². The zero-order valence-electron chi connectivity index (χ0n) is 22.1. The number of benzene rings is 3. The first kappa shape index (κ1) is 27.4. The second kappa shape index (κ2) is 11.1. The predicted octanol–water partition coefficient (Wildman–Crippen LogP) is 5.41. The SMILES string of the molecule is CCN1CCC(Oc2cc3c(-c4ccc(C(C(N)=O)c5ccc(C(F)(F)F)cc5)cc4)ncnc3cc2OC)C1. The molecule has 1 fully saturated rings. The average Bonchev–Trinajstić information content (AvgIpc) is 3.40. The Morgan fingerprint density at radius 3 is 2.30 bits per heavy atom. The fraction of sp³-hybridized carbons (Fsp3) is 0.300. The molecule has 0 saturated carbocycles. The van der Waals surface area contributed by atoms with Crippen LogP contribution in [0.15, 0.2) is 67.0 Å². The third kappa shape index (κ3) is 5.58. The highest BCUT2D eigenvalue weighted by molar-refractivity contribution is 5.94. The highest BCUT2D eigenvalue weighted by Gasteiger charge is 2.31. The van der Waals surface area contributed by atoms with Gasteiger partial charge in [0.2, 0.25) is 5.91 Å². The first-order valence-electron chi connectivity index (χ1n) is 13.0. The minimum absolute atomic E-state index is 0.0506. The average molecular weight is 551 g/mol. The van der Waals surface area contributed by atoms with E-state index in [-0.39, 0.29) is 6.10 Å². The number of hydrogen-bond donors (Lipinski definition) is 1. The molecule has 2 heterocycles. The Kier molecular flexibility index (Phi) is 7.62. The number of likely N-dealkylation sites (N-methyl/N-ethyl adjacent to an activating group) is 1. The molecule has 5 rings (SSSR count). The molecule has 2 unspecified atom stereocenters. The number of rotatable bonds is 8. The monoisotopic (exact) mass is 550 g/mol. The molecule has 0 radical (unpaired) electrons. The number of primary amides is 1. The van der Waals surface area contributed by atoms with Gasteiger partial charge in [-0.25, -0.2) is 9.97 Å². The Morgan fingerprint density at radius 1 is 1.05 bits per heavy atom. The van der Waals surface area contributed by atoms with Gasteiger partial charge in [-0.2, -0.15) is 13.2 Å². The summed E-state index contributed by atoms with van der Waals surface area (Å²) in [6, 6.07) is 15.2. The number of likely N-dealkylation sites (tertiary alicyclic amines) is 1. The minimum Gasteiger partial charge on any atom is -0.493 e. The normalized spacial score (nSPS) is 16.7. The Hall–Kier alpha value is -4.18. The fourth-order valence-corrected chi connectivity index (χ4v) is 5.12. The first-order valence-corrected chi connectivity index (χ1v) is 13.0. The Balaban J connectivity index is 1.47. The van der Waals surface area contributed by atoms with Gasteiger partial charge in [-0.3, -0.25) is 9.69 Å². The van der Waals surface area contributed by atoms with Crippen molar-refractivity contribution in [1.82, 2.24) is 14.9 Å². The largest absolute Gasteiger partial charge is 0.493 e. The highest BCUT2D eigenvalue weighted by atomic mass is 19.4. The van der Waals surface area contributed by atoms with E-state index in [4.69, 9.17) is 15.2 Å². The maximum Gasteiger partial charge on any atom is 0.416 e. The molecule has 1 aliphatic heterocycles. The lowest BCUT2D eigenvalue weighted by atomic mass is 9.89. The number of hydrogen-bond acceptors (Lipinski definition) is 6. The predicted molar refractivity (Wildman–Crippen MR) is 145 cm³/mol. The lowest BCUT2D eigenvalue weighted by Gasteiger charge is -2.18. The summed E-state index contributed by atoms with van der Waals surface area (Å²) in [5, 5.41) is 0.769. The number of carbonyl (C=O) groups excluding carboxylic acids is 1. The number of alkyl halides is 3. The van der Waals surface area contributed by atoms with Gasteiger partial charge in [0.05, 0.1) is 29.8 Å². The number of methoxy groups -OCH3 is 1. The van der Waals surface area contributed by atoms with Crippen molar-refractivity contribution < 1.29 is 27.4 Å². The summed E-state index contributed by atoms with van der Waals surface area (Å²) in [6.45, 7) is 4.93. The minimum atomic E-state index is -4.47. The van der Waals surface area contributed by atoms with E-state index >= 15 is 0 Å². The van der Waals surface area contributed by atoms with Crippen LogP contribution in [0.1, 0.15) is 36.0 Å². The summed E-state index contributed by atoms with van der Waals surface area (Å²) in [6.07, 6.45) is -2.02. The molecule has 7 nitrogen and oxygen atoms in total. The number of nitrogens with two attached hydrogens (primary N) is 1. The molecule has 0 aliphatic carbocycles. The molecule has 2 atom stereocenters. The van der Waals surface area contributed by atoms with Crippen LogP contribution in [0.3, 0.4) is 0 Å². The third-order valence-corrected chi connectivity index (χ3v) is 7.26. The third-order valence-electron chi connectivity index (χ3n) is 7.26. The Labute approximate surface area is 229 Å². The van der Waals surface area contributed by atoms with Crippen LogP contribution in [0, 0.1) is 0 Å². The van der Waals surface area contributed by atoms with Crippen LogP contribution in [-0.2, 0) is 11.0 Å². The Bertz CT molecular complexity index is 1510. The van der Waals surface area contributed by atoms with Gasteiger partial charge in [-0.1, -0.05) is 43.3 Å². The van der Waals surface area contributed by atoms with Crippen LogP contribution in [0.5, 0.6) is 11.5 Å². The molecule has 4 aromatic rings. The van der Waals surface area contributed by atoms with Gasteiger partial charge >= 0.3 is 6.18 Å². The van der Waals surface area contributed by atoms with Gasteiger partial charge in [-0.15, -0.1) is 0 Å². The molecule has 1 saturated heterocycles. The molecule has 208 valence electrons. The van der Waals surface area contributed by atoms with Crippen LogP contribution in [0.4, 0.5) is 13.2 Å². The topological polar surface area (TPSA) is 90.6 Å². The number of nitrogens with zero attached hydrogens (tertiary/aromatic N) is 3. The van der Waals surface area contributed by atoms with E-state index in [0.717, 1.165) is 49.1 Å². The van der Waals surface area contributed by atoms with Gasteiger partial charge < -0.3 is 15.2 Å². The van der Waals surface area contributed by atoms with Crippen molar-refractivity contribution in [3.8, 4) is 22.8 Å². The van der Waals surface area contributed by atoms with Crippen LogP contribution >= 0.6 is 0 Å². The summed E-state index contributed by atoms with van der Waals surface area (Å²) >= 11 is 0. The van der Waals surface area contributed by atoms with Gasteiger partial charge in [-0.05, 0) is 42.3 Å². The number of halogens is 3. The van der Waals surface area contributed by atoms with Gasteiger partial charge in [0.25, 0.3) is 0 Å². The standard InChI is InChI=1S/C30H29F3N4O3/c1-3-37-13-12-22(16-37)40-26-14-23-24(15-25(26)39-2)35-17-36-28(23)20-6-4-18(5-7-20)27(29(34)38)19-8-10-21(11-9-19)30(31,32)33/h4-11,14-15,17,22,27H,3,12-13,16H2,1-2H3,(H2,34,38). The maximum absolute atomic E-state index is 13.0. The van der Waals surface area contributed by atoms with Gasteiger partial charge in [0.1, 0.15) is 12.4 Å². The summed E-state index contributed by atoms with van der Waals surface area (Å²) in [7, 11) is 1.59. The fourth-order valence-electron chi connectivity index (χ4n) is 5.12. The zero-order chi connectivity index (χ0) is 28.4. The molecule has 1 aromatic heterocycles. The van der Waals surface area contributed by atoms with E-state index in [2.05, 4.69) is 21.8 Å². The van der Waals surface area contributed by atoms with Crippen molar-refractivity contribution in [2.75, 3.05) is 26.7 Å². The van der Waals surface area contributed by atoms with E-state index in [1.54, 1.807) is 31.4 Å². The second-order valence-corrected chi connectivity index (χ2v) is 9.74. The van der Waals surface area contributed by atoms with Gasteiger partial charge in [0, 0.05) is 30.1 Å². The van der Waals surface area contributed by atoms with E-state index in [0.29, 0.717) is 33.8 Å². The molecule has 40 heavy (non-hydrogen) atoms. The van der Waals surface area contributed by atoms with Crippen molar-refractivity contribution in [2.45, 2.75) is 31.5 Å². The summed E-state index contributed by atoms with van der Waals surface area (Å²) in [5.41, 5.74) is 7.92. The quantitative estimate of drug-likeness (QED) is 0.315. The number of amides is 1. The smallest absolute Gasteiger partial charge is 0.416 e. The van der Waals surface area contributed by atoms with Gasteiger partial charge in [0.15, 0.2) is 11.5 Å². The summed E-state index contributed by atoms with van der Waals surface area (Å²) < 4.78 is 50.9. The molecule has 1 aliphatic rings. The Morgan fingerprint density at radius 2 is 1.73 bits per heavy atom. The summed E-state index contributed by atoms with van der Waals surface area (Å²) in [5.74, 6) is -0.371. The molecule has 3 aromatic carbocycles. The second-order valence-electron chi connectivity index (χ2n) is 9.74. The molecule has 0 spiro atoms. The number of fused-ring (bicyclic) bond motifs is 1. The molecule has 0 bridgehead atoms. The number of ether oxygens (including phenoxy) is 2. The lowest BCUT2D eigenvalue weighted by molar-refractivity contribution is -0.137. The first-order chi connectivity index (χ1) is 19.2. The van der Waals surface area contributed by atoms with Crippen molar-refractivity contribution in [3.05, 3.63) is 83.7 Å². The maximum atomic E-state index is 13.0. The molecule has 1 amide bonds. The molecule has 2 N–H and O–H groups in total. The lowest BCUT2D eigenvalue weighted by Crippen LogP contribution is -2.24. The van der Waals surface area contributed by atoms with Crippen LogP contribution in [-0.4, -0.2) is 53.6 Å². The zero-order valence-corrected chi connectivity index (χ0v) is 22.1. The van der Waals surface area contributed by atoms with Crippen LogP contribution in [0.2, 0.25) is 0 Å². The highest BCUT2D eigenvalue weighted by Crippen LogP contribution is 2.37. The molecular weight excluding hydrogens is 521 g/mol. The van der Waals surface area contributed by atoms with E-state index < -0.39 is 23.6 Å².